The van der Waals surface area contributed by atoms with Crippen LogP contribution in [0.1, 0.15) is 15.9 Å². The number of piperazine rings is 1. The molecule has 3 aromatic carbocycles. The van der Waals surface area contributed by atoms with Gasteiger partial charge < -0.3 is 4.90 Å². The highest BCUT2D eigenvalue weighted by Crippen LogP contribution is 2.28. The number of fused-ring (bicyclic) bond motifs is 1. The van der Waals surface area contributed by atoms with Crippen LogP contribution in [0.4, 0.5) is 15.2 Å². The Balaban J connectivity index is 1.29. The van der Waals surface area contributed by atoms with Gasteiger partial charge in [-0.15, -0.1) is 0 Å². The number of anilines is 2. The molecule has 0 radical (unpaired) electrons. The second kappa shape index (κ2) is 9.37. The molecule has 0 atom stereocenters. The van der Waals surface area contributed by atoms with Crippen molar-refractivity contribution in [3.8, 4) is 0 Å². The van der Waals surface area contributed by atoms with Crippen molar-refractivity contribution in [2.75, 3.05) is 36.4 Å². The summed E-state index contributed by atoms with van der Waals surface area (Å²) in [6.07, 6.45) is 0. The molecule has 1 N–H and O–H groups in total. The Hall–Kier alpha value is -3.34. The molecule has 0 bridgehead atoms. The number of hydrogen-bond acceptors (Lipinski definition) is 6. The number of carbonyl (C=O) groups is 1. The van der Waals surface area contributed by atoms with Gasteiger partial charge in [-0.2, -0.15) is 4.31 Å². The first-order chi connectivity index (χ1) is 16.8. The van der Waals surface area contributed by atoms with Crippen LogP contribution < -0.4 is 10.2 Å². The lowest BCUT2D eigenvalue weighted by Crippen LogP contribution is -2.48. The lowest BCUT2D eigenvalue weighted by molar-refractivity contribution is 0.102. The van der Waals surface area contributed by atoms with Crippen LogP contribution in [0.15, 0.2) is 71.6 Å². The van der Waals surface area contributed by atoms with Crippen LogP contribution in [0.3, 0.4) is 0 Å². The smallest absolute Gasteiger partial charge is 0.257 e. The fourth-order valence-electron chi connectivity index (χ4n) is 4.09. The molecule has 4 aromatic rings. The molecular formula is C25H23FN4O3S2. The van der Waals surface area contributed by atoms with Gasteiger partial charge in [0.25, 0.3) is 5.91 Å². The molecule has 35 heavy (non-hydrogen) atoms. The van der Waals surface area contributed by atoms with Crippen LogP contribution in [0, 0.1) is 12.7 Å². The molecule has 1 aliphatic rings. The summed E-state index contributed by atoms with van der Waals surface area (Å²) in [6, 6.07) is 18.1. The van der Waals surface area contributed by atoms with Gasteiger partial charge in [0.15, 0.2) is 5.13 Å². The summed E-state index contributed by atoms with van der Waals surface area (Å²) in [7, 11) is -3.78. The number of carbonyl (C=O) groups excluding carboxylic acids is 1. The number of aryl methyl sites for hydroxylation is 1. The Labute approximate surface area is 206 Å². The highest BCUT2D eigenvalue weighted by Gasteiger charge is 2.29. The number of halogens is 1. The summed E-state index contributed by atoms with van der Waals surface area (Å²) in [4.78, 5) is 19.5. The van der Waals surface area contributed by atoms with E-state index in [2.05, 4.69) is 10.3 Å². The molecule has 10 heteroatoms. The molecule has 2 heterocycles. The van der Waals surface area contributed by atoms with Gasteiger partial charge in [-0.3, -0.25) is 10.1 Å². The molecule has 1 saturated heterocycles. The van der Waals surface area contributed by atoms with E-state index in [1.54, 1.807) is 24.3 Å². The van der Waals surface area contributed by atoms with Crippen molar-refractivity contribution in [3.05, 3.63) is 83.7 Å². The van der Waals surface area contributed by atoms with Crippen LogP contribution in [0.5, 0.6) is 0 Å². The number of para-hydroxylation sites is 1. The minimum Gasteiger partial charge on any atom is -0.369 e. The Morgan fingerprint density at radius 1 is 1.00 bits per heavy atom. The van der Waals surface area contributed by atoms with E-state index in [0.29, 0.717) is 31.3 Å². The molecule has 1 amide bonds. The SMILES string of the molecule is Cc1cccc2sc(NC(=O)c3cccc(S(=O)(=O)N4CCN(c5ccc(F)cc5)CC4)c3)nc12. The summed E-state index contributed by atoms with van der Waals surface area (Å²) in [5, 5.41) is 3.25. The van der Waals surface area contributed by atoms with Crippen LogP contribution in [-0.4, -0.2) is 49.8 Å². The number of benzene rings is 3. The summed E-state index contributed by atoms with van der Waals surface area (Å²) in [5.74, 6) is -0.725. The van der Waals surface area contributed by atoms with Gasteiger partial charge in [-0.05, 0) is 61.0 Å². The van der Waals surface area contributed by atoms with Crippen LogP contribution in [0.25, 0.3) is 10.2 Å². The second-order valence-corrected chi connectivity index (χ2v) is 11.3. The largest absolute Gasteiger partial charge is 0.369 e. The van der Waals surface area contributed by atoms with Gasteiger partial charge in [0.05, 0.1) is 15.1 Å². The van der Waals surface area contributed by atoms with E-state index in [1.165, 1.54) is 39.9 Å². The minimum absolute atomic E-state index is 0.0699. The predicted molar refractivity (Wildman–Crippen MR) is 136 cm³/mol. The Bertz CT molecular complexity index is 1490. The van der Waals surface area contributed by atoms with E-state index in [0.717, 1.165) is 21.5 Å². The topological polar surface area (TPSA) is 82.6 Å². The lowest BCUT2D eigenvalue weighted by Gasteiger charge is -2.35. The van der Waals surface area contributed by atoms with E-state index in [-0.39, 0.29) is 16.3 Å². The quantitative estimate of drug-likeness (QED) is 0.427. The van der Waals surface area contributed by atoms with Gasteiger partial charge in [0, 0.05) is 37.4 Å². The van der Waals surface area contributed by atoms with Crippen LogP contribution in [0.2, 0.25) is 0 Å². The van der Waals surface area contributed by atoms with Crippen molar-refractivity contribution in [1.29, 1.82) is 0 Å². The molecule has 5 rings (SSSR count). The Kier molecular flexibility index (Phi) is 6.26. The number of amides is 1. The van der Waals surface area contributed by atoms with E-state index in [1.807, 2.05) is 30.0 Å². The van der Waals surface area contributed by atoms with Crippen molar-refractivity contribution in [2.24, 2.45) is 0 Å². The average molecular weight is 511 g/mol. The van der Waals surface area contributed by atoms with Gasteiger partial charge in [-0.1, -0.05) is 29.5 Å². The molecule has 7 nitrogen and oxygen atoms in total. The lowest BCUT2D eigenvalue weighted by atomic mass is 10.2. The van der Waals surface area contributed by atoms with E-state index in [4.69, 9.17) is 0 Å². The average Bonchev–Trinajstić information content (AvgIpc) is 3.28. The Morgan fingerprint density at radius 2 is 1.71 bits per heavy atom. The van der Waals surface area contributed by atoms with Crippen LogP contribution in [-0.2, 0) is 10.0 Å². The molecular weight excluding hydrogens is 487 g/mol. The van der Waals surface area contributed by atoms with Gasteiger partial charge >= 0.3 is 0 Å². The standard InChI is InChI=1S/C25H23FN4O3S2/c1-17-4-2-7-22-23(17)27-25(34-22)28-24(31)18-5-3-6-21(16-18)35(32,33)30-14-12-29(13-15-30)20-10-8-19(26)9-11-20/h2-11,16H,12-15H2,1H3,(H,27,28,31). The maximum Gasteiger partial charge on any atom is 0.257 e. The third-order valence-corrected chi connectivity index (χ3v) is 8.84. The number of rotatable bonds is 5. The highest BCUT2D eigenvalue weighted by molar-refractivity contribution is 7.89. The molecule has 0 saturated carbocycles. The summed E-state index contributed by atoms with van der Waals surface area (Å²) in [5.41, 5.74) is 2.95. The van der Waals surface area contributed by atoms with Crippen molar-refractivity contribution >= 4 is 48.3 Å². The van der Waals surface area contributed by atoms with E-state index >= 15 is 0 Å². The van der Waals surface area contributed by atoms with E-state index < -0.39 is 15.9 Å². The molecule has 0 spiro atoms. The first kappa shape index (κ1) is 23.4. The van der Waals surface area contributed by atoms with Gasteiger partial charge in [-0.25, -0.2) is 17.8 Å². The predicted octanol–water partition coefficient (Wildman–Crippen LogP) is 4.51. The molecule has 1 fully saturated rings. The maximum absolute atomic E-state index is 13.3. The van der Waals surface area contributed by atoms with Crippen molar-refractivity contribution in [3.63, 3.8) is 0 Å². The van der Waals surface area contributed by atoms with Gasteiger partial charge in [0.1, 0.15) is 5.82 Å². The molecule has 0 aliphatic carbocycles. The number of sulfonamides is 1. The van der Waals surface area contributed by atoms with Crippen molar-refractivity contribution < 1.29 is 17.6 Å². The number of thiazole rings is 1. The third-order valence-electron chi connectivity index (χ3n) is 6.01. The normalized spacial score (nSPS) is 14.9. The zero-order valence-electron chi connectivity index (χ0n) is 18.9. The molecule has 180 valence electrons. The Morgan fingerprint density at radius 3 is 2.43 bits per heavy atom. The molecule has 1 aliphatic heterocycles. The second-order valence-electron chi connectivity index (χ2n) is 8.29. The minimum atomic E-state index is -3.78. The fourth-order valence-corrected chi connectivity index (χ4v) is 6.50. The van der Waals surface area contributed by atoms with Gasteiger partial charge in [0.2, 0.25) is 10.0 Å². The number of nitrogens with zero attached hydrogens (tertiary/aromatic N) is 3. The zero-order valence-corrected chi connectivity index (χ0v) is 20.6. The maximum atomic E-state index is 13.3. The number of aromatic nitrogens is 1. The highest BCUT2D eigenvalue weighted by atomic mass is 32.2. The molecule has 0 unspecified atom stereocenters. The third kappa shape index (κ3) is 4.77. The molecule has 1 aromatic heterocycles. The summed E-state index contributed by atoms with van der Waals surface area (Å²) >= 11 is 1.37. The monoisotopic (exact) mass is 510 g/mol. The van der Waals surface area contributed by atoms with Crippen molar-refractivity contribution in [2.45, 2.75) is 11.8 Å². The summed E-state index contributed by atoms with van der Waals surface area (Å²) < 4.78 is 42.1. The summed E-state index contributed by atoms with van der Waals surface area (Å²) in [6.45, 7) is 3.52. The zero-order chi connectivity index (χ0) is 24.6. The first-order valence-corrected chi connectivity index (χ1v) is 13.4. The first-order valence-electron chi connectivity index (χ1n) is 11.1. The van der Waals surface area contributed by atoms with Crippen LogP contribution >= 0.6 is 11.3 Å². The number of hydrogen-bond donors (Lipinski definition) is 1. The van der Waals surface area contributed by atoms with E-state index in [9.17, 15) is 17.6 Å². The van der Waals surface area contributed by atoms with Crippen molar-refractivity contribution in [1.82, 2.24) is 9.29 Å². The number of nitrogens with one attached hydrogen (secondary N) is 1. The fraction of sp³-hybridized carbons (Fsp3) is 0.200.